The molecule has 33 heavy (non-hydrogen) atoms. The Kier molecular flexibility index (Phi) is 5.30. The Bertz CT molecular complexity index is 1190. The highest BCUT2D eigenvalue weighted by Gasteiger charge is 2.74. The van der Waals surface area contributed by atoms with Crippen molar-refractivity contribution in [3.63, 3.8) is 0 Å². The fourth-order valence-electron chi connectivity index (χ4n) is 5.65. The lowest BCUT2D eigenvalue weighted by atomic mass is 9.71. The molecular weight excluding hydrogens is 442 g/mol. The van der Waals surface area contributed by atoms with Crippen molar-refractivity contribution in [1.29, 1.82) is 0 Å². The van der Waals surface area contributed by atoms with Crippen LogP contribution in [0.25, 0.3) is 0 Å². The third kappa shape index (κ3) is 2.97. The molecule has 1 aromatic heterocycles. The van der Waals surface area contributed by atoms with Crippen LogP contribution in [0.2, 0.25) is 5.02 Å². The molecule has 0 radical (unpaired) electrons. The molecule has 0 spiro atoms. The molecule has 7 heteroatoms. The number of benzene rings is 2. The Hall–Kier alpha value is -3.09. The number of rotatable bonds is 5. The molecular formula is C26H24ClNO5. The molecule has 3 aromatic rings. The number of pyridine rings is 1. The van der Waals surface area contributed by atoms with Gasteiger partial charge in [0.05, 0.1) is 25.2 Å². The number of halogens is 1. The van der Waals surface area contributed by atoms with Crippen molar-refractivity contribution in [2.75, 3.05) is 21.3 Å². The Morgan fingerprint density at radius 3 is 2.45 bits per heavy atom. The van der Waals surface area contributed by atoms with Crippen LogP contribution >= 0.6 is 11.6 Å². The highest BCUT2D eigenvalue weighted by molar-refractivity contribution is 6.30. The second-order valence-electron chi connectivity index (χ2n) is 8.32. The summed E-state index contributed by atoms with van der Waals surface area (Å²) in [6, 6.07) is 19.3. The molecule has 2 heterocycles. The first kappa shape index (κ1) is 21.7. The van der Waals surface area contributed by atoms with E-state index in [0.29, 0.717) is 28.6 Å². The predicted molar refractivity (Wildman–Crippen MR) is 123 cm³/mol. The van der Waals surface area contributed by atoms with Crippen LogP contribution in [0.15, 0.2) is 66.9 Å². The fraction of sp³-hybridized carbons (Fsp3) is 0.308. The average molecular weight is 466 g/mol. The standard InChI is InChI=1S/C26H24ClNO5/c1-30-19-11-9-17(10-12-19)26-22(16-7-5-4-6-8-16)20(24(29)31-2)14-25(26,32-3)23-21(33-26)13-18(27)15-28-23/h4-13,15,20,22H,14H2,1-3H3/t20-,22+,25+,26-/m0/s1. The molecule has 1 saturated carbocycles. The van der Waals surface area contributed by atoms with E-state index in [0.717, 1.165) is 11.1 Å². The number of carbonyl (C=O) groups excluding carboxylic acids is 1. The smallest absolute Gasteiger partial charge is 0.309 e. The summed E-state index contributed by atoms with van der Waals surface area (Å²) < 4.78 is 23.8. The second kappa shape index (κ2) is 8.04. The Morgan fingerprint density at radius 2 is 1.82 bits per heavy atom. The van der Waals surface area contributed by atoms with E-state index in [1.54, 1.807) is 26.5 Å². The van der Waals surface area contributed by atoms with Crippen LogP contribution in [0, 0.1) is 5.92 Å². The van der Waals surface area contributed by atoms with Gasteiger partial charge in [0.25, 0.3) is 0 Å². The molecule has 0 amide bonds. The maximum atomic E-state index is 13.1. The van der Waals surface area contributed by atoms with Crippen LogP contribution in [-0.2, 0) is 25.5 Å². The van der Waals surface area contributed by atoms with Gasteiger partial charge in [-0.25, -0.2) is 0 Å². The molecule has 6 nitrogen and oxygen atoms in total. The van der Waals surface area contributed by atoms with Gasteiger partial charge < -0.3 is 18.9 Å². The molecule has 5 rings (SSSR count). The minimum Gasteiger partial charge on any atom is -0.497 e. The van der Waals surface area contributed by atoms with Crippen molar-refractivity contribution in [2.45, 2.75) is 23.5 Å². The molecule has 4 atom stereocenters. The Labute approximate surface area is 197 Å². The van der Waals surface area contributed by atoms with Crippen molar-refractivity contribution in [1.82, 2.24) is 4.98 Å². The van der Waals surface area contributed by atoms with E-state index >= 15 is 0 Å². The number of nitrogens with zero attached hydrogens (tertiary/aromatic N) is 1. The molecule has 170 valence electrons. The molecule has 2 aromatic carbocycles. The zero-order valence-corrected chi connectivity index (χ0v) is 19.3. The summed E-state index contributed by atoms with van der Waals surface area (Å²) in [7, 11) is 4.66. The summed E-state index contributed by atoms with van der Waals surface area (Å²) in [6.07, 6.45) is 1.92. The topological polar surface area (TPSA) is 66.9 Å². The summed E-state index contributed by atoms with van der Waals surface area (Å²) in [5, 5.41) is 0.464. The normalized spacial score (nSPS) is 27.4. The lowest BCUT2D eigenvalue weighted by Crippen LogP contribution is -2.49. The molecule has 1 aliphatic heterocycles. The third-order valence-corrected chi connectivity index (χ3v) is 7.16. The van der Waals surface area contributed by atoms with Gasteiger partial charge in [0.1, 0.15) is 17.2 Å². The van der Waals surface area contributed by atoms with E-state index in [1.807, 2.05) is 54.6 Å². The van der Waals surface area contributed by atoms with E-state index in [2.05, 4.69) is 4.98 Å². The van der Waals surface area contributed by atoms with Gasteiger partial charge in [-0.1, -0.05) is 54.1 Å². The average Bonchev–Trinajstić information content (AvgIpc) is 3.30. The van der Waals surface area contributed by atoms with Crippen LogP contribution in [0.4, 0.5) is 0 Å². The van der Waals surface area contributed by atoms with E-state index in [4.69, 9.17) is 30.5 Å². The van der Waals surface area contributed by atoms with Gasteiger partial charge in [0, 0.05) is 31.7 Å². The van der Waals surface area contributed by atoms with E-state index in [-0.39, 0.29) is 5.97 Å². The van der Waals surface area contributed by atoms with Gasteiger partial charge in [0.15, 0.2) is 11.2 Å². The number of aromatic nitrogens is 1. The quantitative estimate of drug-likeness (QED) is 0.502. The monoisotopic (exact) mass is 465 g/mol. The number of hydrogen-bond donors (Lipinski definition) is 0. The van der Waals surface area contributed by atoms with Crippen molar-refractivity contribution < 1.29 is 23.7 Å². The van der Waals surface area contributed by atoms with Crippen LogP contribution in [0.5, 0.6) is 11.5 Å². The predicted octanol–water partition coefficient (Wildman–Crippen LogP) is 4.85. The Morgan fingerprint density at radius 1 is 1.09 bits per heavy atom. The number of methoxy groups -OCH3 is 3. The van der Waals surface area contributed by atoms with Gasteiger partial charge in [-0.15, -0.1) is 0 Å². The van der Waals surface area contributed by atoms with Crippen LogP contribution < -0.4 is 9.47 Å². The SMILES string of the molecule is COC(=O)[C@H]1C[C@@]2(OC)c3ncc(Cl)cc3O[C@@]2(c2ccc(OC)cc2)[C@@H]1c1ccccc1. The van der Waals surface area contributed by atoms with Crippen LogP contribution in [-0.4, -0.2) is 32.3 Å². The lowest BCUT2D eigenvalue weighted by molar-refractivity contribution is -0.146. The van der Waals surface area contributed by atoms with Crippen molar-refractivity contribution >= 4 is 17.6 Å². The zero-order chi connectivity index (χ0) is 23.2. The van der Waals surface area contributed by atoms with Crippen molar-refractivity contribution in [2.24, 2.45) is 5.92 Å². The van der Waals surface area contributed by atoms with Gasteiger partial charge in [0.2, 0.25) is 0 Å². The second-order valence-corrected chi connectivity index (χ2v) is 8.76. The van der Waals surface area contributed by atoms with Crippen LogP contribution in [0.1, 0.15) is 29.2 Å². The van der Waals surface area contributed by atoms with Gasteiger partial charge in [-0.2, -0.15) is 0 Å². The van der Waals surface area contributed by atoms with Crippen molar-refractivity contribution in [3.05, 3.63) is 88.7 Å². The number of ether oxygens (including phenoxy) is 4. The fourth-order valence-corrected chi connectivity index (χ4v) is 5.80. The molecule has 0 unspecified atom stereocenters. The van der Waals surface area contributed by atoms with E-state index < -0.39 is 23.0 Å². The summed E-state index contributed by atoms with van der Waals surface area (Å²) in [4.78, 5) is 17.8. The largest absolute Gasteiger partial charge is 0.497 e. The van der Waals surface area contributed by atoms with Crippen molar-refractivity contribution in [3.8, 4) is 11.5 Å². The minimum absolute atomic E-state index is 0.318. The molecule has 0 saturated heterocycles. The number of carbonyl (C=O) groups is 1. The minimum atomic E-state index is -1.09. The Balaban J connectivity index is 1.84. The summed E-state index contributed by atoms with van der Waals surface area (Å²) in [6.45, 7) is 0. The first-order valence-electron chi connectivity index (χ1n) is 10.7. The maximum absolute atomic E-state index is 13.1. The summed E-state index contributed by atoms with van der Waals surface area (Å²) in [5.74, 6) is 0.0114. The summed E-state index contributed by atoms with van der Waals surface area (Å²) in [5.41, 5.74) is 0.286. The number of esters is 1. The van der Waals surface area contributed by atoms with Gasteiger partial charge in [-0.3, -0.25) is 9.78 Å². The van der Waals surface area contributed by atoms with Gasteiger partial charge >= 0.3 is 5.97 Å². The highest BCUT2D eigenvalue weighted by atomic mass is 35.5. The number of hydrogen-bond acceptors (Lipinski definition) is 6. The van der Waals surface area contributed by atoms with Gasteiger partial charge in [-0.05, 0) is 23.3 Å². The highest BCUT2D eigenvalue weighted by Crippen LogP contribution is 2.69. The molecule has 2 aliphatic rings. The zero-order valence-electron chi connectivity index (χ0n) is 18.6. The first-order chi connectivity index (χ1) is 16.0. The maximum Gasteiger partial charge on any atom is 0.309 e. The van der Waals surface area contributed by atoms with Crippen LogP contribution in [0.3, 0.4) is 0 Å². The first-order valence-corrected chi connectivity index (χ1v) is 11.1. The van der Waals surface area contributed by atoms with E-state index in [9.17, 15) is 4.79 Å². The lowest BCUT2D eigenvalue weighted by Gasteiger charge is -2.42. The molecule has 1 aliphatic carbocycles. The molecule has 0 N–H and O–H groups in total. The number of fused-ring (bicyclic) bond motifs is 3. The van der Waals surface area contributed by atoms with E-state index in [1.165, 1.54) is 7.11 Å². The molecule has 0 bridgehead atoms. The molecule has 1 fully saturated rings. The third-order valence-electron chi connectivity index (χ3n) is 6.95. The summed E-state index contributed by atoms with van der Waals surface area (Å²) >= 11 is 6.28.